The summed E-state index contributed by atoms with van der Waals surface area (Å²) < 4.78 is 0. The molecular weight excluding hydrogens is 274 g/mol. The summed E-state index contributed by atoms with van der Waals surface area (Å²) in [5.74, 6) is 0.723. The third kappa shape index (κ3) is 3.49. The van der Waals surface area contributed by atoms with Gasteiger partial charge in [0.05, 0.1) is 0 Å². The highest BCUT2D eigenvalue weighted by molar-refractivity contribution is 5.79. The van der Waals surface area contributed by atoms with Gasteiger partial charge in [-0.3, -0.25) is 14.7 Å². The van der Waals surface area contributed by atoms with Crippen molar-refractivity contribution in [2.75, 3.05) is 19.6 Å². The van der Waals surface area contributed by atoms with Crippen LogP contribution in [0.5, 0.6) is 0 Å². The summed E-state index contributed by atoms with van der Waals surface area (Å²) in [5, 5.41) is 0. The van der Waals surface area contributed by atoms with Crippen molar-refractivity contribution in [3.05, 3.63) is 30.1 Å². The van der Waals surface area contributed by atoms with Gasteiger partial charge in [0.25, 0.3) is 0 Å². The summed E-state index contributed by atoms with van der Waals surface area (Å²) >= 11 is 0. The number of likely N-dealkylation sites (tertiary alicyclic amines) is 1. The van der Waals surface area contributed by atoms with Crippen LogP contribution in [0.4, 0.5) is 0 Å². The number of carbonyl (C=O) groups excluding carboxylic acids is 1. The molecule has 1 aromatic rings. The van der Waals surface area contributed by atoms with E-state index in [1.54, 1.807) is 0 Å². The number of rotatable bonds is 5. The molecule has 0 atom stereocenters. The average molecular weight is 301 g/mol. The van der Waals surface area contributed by atoms with Crippen molar-refractivity contribution >= 4 is 5.91 Å². The van der Waals surface area contributed by atoms with Crippen molar-refractivity contribution < 1.29 is 4.79 Å². The van der Waals surface area contributed by atoms with E-state index in [0.717, 1.165) is 39.0 Å². The number of hydrogen-bond donors (Lipinski definition) is 0. The summed E-state index contributed by atoms with van der Waals surface area (Å²) in [6, 6.07) is 4.67. The van der Waals surface area contributed by atoms with Crippen LogP contribution in [0.3, 0.4) is 0 Å². The van der Waals surface area contributed by atoms with Crippen molar-refractivity contribution in [3.8, 4) is 0 Å². The van der Waals surface area contributed by atoms with E-state index in [4.69, 9.17) is 0 Å². The first-order valence-corrected chi connectivity index (χ1v) is 8.69. The topological polar surface area (TPSA) is 36.4 Å². The van der Waals surface area contributed by atoms with E-state index in [0.29, 0.717) is 17.9 Å². The summed E-state index contributed by atoms with van der Waals surface area (Å²) in [6.45, 7) is 6.00. The summed E-state index contributed by atoms with van der Waals surface area (Å²) in [7, 11) is 0. The molecule has 22 heavy (non-hydrogen) atoms. The molecule has 0 bridgehead atoms. The van der Waals surface area contributed by atoms with Gasteiger partial charge in [0, 0.05) is 44.0 Å². The SMILES string of the molecule is CCN(Cc1ccncc1)C1CN(C(=O)C2CCCCC2)C1. The van der Waals surface area contributed by atoms with E-state index < -0.39 is 0 Å². The van der Waals surface area contributed by atoms with Gasteiger partial charge in [-0.1, -0.05) is 26.2 Å². The molecule has 1 aliphatic heterocycles. The molecule has 1 aromatic heterocycles. The second-order valence-electron chi connectivity index (χ2n) is 6.65. The lowest BCUT2D eigenvalue weighted by molar-refractivity contribution is -0.144. The maximum absolute atomic E-state index is 12.5. The average Bonchev–Trinajstić information content (AvgIpc) is 2.54. The molecule has 4 nitrogen and oxygen atoms in total. The Kier molecular flexibility index (Phi) is 5.08. The van der Waals surface area contributed by atoms with Crippen LogP contribution < -0.4 is 0 Å². The molecule has 1 aliphatic carbocycles. The minimum absolute atomic E-state index is 0.310. The zero-order valence-corrected chi connectivity index (χ0v) is 13.6. The quantitative estimate of drug-likeness (QED) is 0.839. The lowest BCUT2D eigenvalue weighted by Gasteiger charge is -2.46. The first-order valence-electron chi connectivity index (χ1n) is 8.69. The monoisotopic (exact) mass is 301 g/mol. The van der Waals surface area contributed by atoms with Crippen LogP contribution in [0.1, 0.15) is 44.6 Å². The first-order chi connectivity index (χ1) is 10.8. The van der Waals surface area contributed by atoms with Gasteiger partial charge in [-0.25, -0.2) is 0 Å². The minimum atomic E-state index is 0.310. The fourth-order valence-corrected chi connectivity index (χ4v) is 3.70. The Morgan fingerprint density at radius 2 is 1.91 bits per heavy atom. The molecule has 4 heteroatoms. The molecule has 120 valence electrons. The van der Waals surface area contributed by atoms with Gasteiger partial charge in [0.1, 0.15) is 0 Å². The molecule has 0 radical (unpaired) electrons. The number of amides is 1. The van der Waals surface area contributed by atoms with Crippen molar-refractivity contribution in [1.82, 2.24) is 14.8 Å². The number of pyridine rings is 1. The predicted molar refractivity (Wildman–Crippen MR) is 87.3 cm³/mol. The normalized spacial score (nSPS) is 20.2. The smallest absolute Gasteiger partial charge is 0.225 e. The third-order valence-corrected chi connectivity index (χ3v) is 5.19. The highest BCUT2D eigenvalue weighted by Crippen LogP contribution is 2.28. The molecule has 1 saturated carbocycles. The van der Waals surface area contributed by atoms with E-state index in [2.05, 4.69) is 33.8 Å². The zero-order chi connectivity index (χ0) is 15.4. The molecule has 0 unspecified atom stereocenters. The van der Waals surface area contributed by atoms with Crippen LogP contribution in [-0.2, 0) is 11.3 Å². The number of likely N-dealkylation sites (N-methyl/N-ethyl adjacent to an activating group) is 1. The Morgan fingerprint density at radius 3 is 2.55 bits per heavy atom. The number of hydrogen-bond acceptors (Lipinski definition) is 3. The zero-order valence-electron chi connectivity index (χ0n) is 13.6. The number of aromatic nitrogens is 1. The Labute approximate surface area is 133 Å². The Bertz CT molecular complexity index is 478. The van der Waals surface area contributed by atoms with Crippen LogP contribution >= 0.6 is 0 Å². The number of carbonyl (C=O) groups is 1. The maximum Gasteiger partial charge on any atom is 0.225 e. The second kappa shape index (κ2) is 7.23. The lowest BCUT2D eigenvalue weighted by atomic mass is 9.87. The van der Waals surface area contributed by atoms with Crippen molar-refractivity contribution in [2.24, 2.45) is 5.92 Å². The summed E-state index contributed by atoms with van der Waals surface area (Å²) in [4.78, 5) is 21.1. The summed E-state index contributed by atoms with van der Waals surface area (Å²) in [6.07, 6.45) is 9.68. The molecule has 2 heterocycles. The van der Waals surface area contributed by atoms with Crippen LogP contribution in [-0.4, -0.2) is 46.4 Å². The maximum atomic E-state index is 12.5. The molecule has 1 saturated heterocycles. The molecule has 3 rings (SSSR count). The van der Waals surface area contributed by atoms with E-state index in [-0.39, 0.29) is 0 Å². The van der Waals surface area contributed by atoms with Crippen molar-refractivity contribution in [2.45, 2.75) is 51.6 Å². The third-order valence-electron chi connectivity index (χ3n) is 5.19. The van der Waals surface area contributed by atoms with E-state index in [1.807, 2.05) is 12.4 Å². The molecule has 0 N–H and O–H groups in total. The van der Waals surface area contributed by atoms with Gasteiger partial charge in [-0.05, 0) is 37.1 Å². The van der Waals surface area contributed by atoms with Gasteiger partial charge in [0.2, 0.25) is 5.91 Å². The fraction of sp³-hybridized carbons (Fsp3) is 0.667. The molecule has 0 spiro atoms. The Hall–Kier alpha value is -1.42. The highest BCUT2D eigenvalue weighted by atomic mass is 16.2. The standard InChI is InChI=1S/C18H27N3O/c1-2-20(12-15-8-10-19-11-9-15)17-13-21(14-17)18(22)16-6-4-3-5-7-16/h8-11,16-17H,2-7,12-14H2,1H3. The van der Waals surface area contributed by atoms with Crippen LogP contribution in [0.15, 0.2) is 24.5 Å². The molecule has 0 aromatic carbocycles. The first kappa shape index (κ1) is 15.5. The number of nitrogens with zero attached hydrogens (tertiary/aromatic N) is 3. The Morgan fingerprint density at radius 1 is 1.23 bits per heavy atom. The van der Waals surface area contributed by atoms with E-state index in [9.17, 15) is 4.79 Å². The van der Waals surface area contributed by atoms with E-state index >= 15 is 0 Å². The van der Waals surface area contributed by atoms with Gasteiger partial charge in [-0.15, -0.1) is 0 Å². The largest absolute Gasteiger partial charge is 0.339 e. The van der Waals surface area contributed by atoms with E-state index in [1.165, 1.54) is 24.8 Å². The van der Waals surface area contributed by atoms with Crippen LogP contribution in [0.25, 0.3) is 0 Å². The fourth-order valence-electron chi connectivity index (χ4n) is 3.70. The van der Waals surface area contributed by atoms with Gasteiger partial charge in [-0.2, -0.15) is 0 Å². The Balaban J connectivity index is 1.49. The second-order valence-corrected chi connectivity index (χ2v) is 6.65. The predicted octanol–water partition coefficient (Wildman–Crippen LogP) is 2.69. The molecule has 1 amide bonds. The lowest BCUT2D eigenvalue weighted by Crippen LogP contribution is -2.61. The van der Waals surface area contributed by atoms with Gasteiger partial charge >= 0.3 is 0 Å². The summed E-state index contributed by atoms with van der Waals surface area (Å²) in [5.41, 5.74) is 1.30. The van der Waals surface area contributed by atoms with Crippen LogP contribution in [0.2, 0.25) is 0 Å². The highest BCUT2D eigenvalue weighted by Gasteiger charge is 2.37. The van der Waals surface area contributed by atoms with Crippen LogP contribution in [0, 0.1) is 5.92 Å². The van der Waals surface area contributed by atoms with Crippen molar-refractivity contribution in [3.63, 3.8) is 0 Å². The van der Waals surface area contributed by atoms with Gasteiger partial charge < -0.3 is 4.90 Å². The molecular formula is C18H27N3O. The van der Waals surface area contributed by atoms with Crippen molar-refractivity contribution in [1.29, 1.82) is 0 Å². The molecule has 2 fully saturated rings. The molecule has 2 aliphatic rings. The minimum Gasteiger partial charge on any atom is -0.339 e. The van der Waals surface area contributed by atoms with Gasteiger partial charge in [0.15, 0.2) is 0 Å².